The summed E-state index contributed by atoms with van der Waals surface area (Å²) in [5.74, 6) is -0.0808. The summed E-state index contributed by atoms with van der Waals surface area (Å²) in [5, 5.41) is 0.363. The standard InChI is InChI=1S/C10H15ClN2O3S/c1-3-16-4-5-17(14,15)13-9-6-8(2)10(11)12-7-9/h6-7,13H,3-5H2,1-2H3. The van der Waals surface area contributed by atoms with Gasteiger partial charge in [-0.1, -0.05) is 11.6 Å². The molecule has 0 unspecified atom stereocenters. The molecule has 7 heteroatoms. The van der Waals surface area contributed by atoms with Crippen molar-refractivity contribution in [3.05, 3.63) is 23.0 Å². The van der Waals surface area contributed by atoms with E-state index in [-0.39, 0.29) is 12.4 Å². The molecule has 0 aromatic carbocycles. The highest BCUT2D eigenvalue weighted by molar-refractivity contribution is 7.92. The Labute approximate surface area is 106 Å². The van der Waals surface area contributed by atoms with Gasteiger partial charge >= 0.3 is 0 Å². The maximum absolute atomic E-state index is 11.6. The Morgan fingerprint density at radius 1 is 1.53 bits per heavy atom. The summed E-state index contributed by atoms with van der Waals surface area (Å²) < 4.78 is 30.6. The van der Waals surface area contributed by atoms with E-state index in [4.69, 9.17) is 16.3 Å². The number of nitrogens with one attached hydrogen (secondary N) is 1. The van der Waals surface area contributed by atoms with E-state index in [2.05, 4.69) is 9.71 Å². The van der Waals surface area contributed by atoms with Crippen molar-refractivity contribution in [1.29, 1.82) is 0 Å². The van der Waals surface area contributed by atoms with Crippen molar-refractivity contribution in [2.24, 2.45) is 0 Å². The van der Waals surface area contributed by atoms with Crippen molar-refractivity contribution in [3.63, 3.8) is 0 Å². The van der Waals surface area contributed by atoms with Gasteiger partial charge in [0.1, 0.15) is 5.15 Å². The lowest BCUT2D eigenvalue weighted by atomic mass is 10.3. The number of sulfonamides is 1. The van der Waals surface area contributed by atoms with Gasteiger partial charge < -0.3 is 4.74 Å². The van der Waals surface area contributed by atoms with Crippen molar-refractivity contribution in [1.82, 2.24) is 4.98 Å². The second kappa shape index (κ2) is 6.18. The molecule has 0 atom stereocenters. The Bertz CT molecular complexity index is 476. The lowest BCUT2D eigenvalue weighted by Gasteiger charge is -2.08. The molecule has 1 rings (SSSR count). The Hall–Kier alpha value is -0.850. The first-order chi connectivity index (χ1) is 7.94. The molecule has 17 heavy (non-hydrogen) atoms. The molecule has 0 bridgehead atoms. The molecule has 1 heterocycles. The predicted octanol–water partition coefficient (Wildman–Crippen LogP) is 1.82. The zero-order chi connectivity index (χ0) is 12.9. The van der Waals surface area contributed by atoms with Crippen LogP contribution in [0.15, 0.2) is 12.3 Å². The van der Waals surface area contributed by atoms with Gasteiger partial charge in [-0.25, -0.2) is 13.4 Å². The number of pyridine rings is 1. The summed E-state index contributed by atoms with van der Waals surface area (Å²) in [6, 6.07) is 1.63. The Kier molecular flexibility index (Phi) is 5.17. The summed E-state index contributed by atoms with van der Waals surface area (Å²) in [5.41, 5.74) is 1.13. The molecular weight excluding hydrogens is 264 g/mol. The minimum atomic E-state index is -3.39. The van der Waals surface area contributed by atoms with E-state index in [0.29, 0.717) is 17.4 Å². The smallest absolute Gasteiger partial charge is 0.235 e. The van der Waals surface area contributed by atoms with Crippen molar-refractivity contribution >= 4 is 27.3 Å². The Morgan fingerprint density at radius 3 is 2.82 bits per heavy atom. The highest BCUT2D eigenvalue weighted by Crippen LogP contribution is 2.16. The third-order valence-corrected chi connectivity index (χ3v) is 3.63. The lowest BCUT2D eigenvalue weighted by Crippen LogP contribution is -2.20. The monoisotopic (exact) mass is 278 g/mol. The van der Waals surface area contributed by atoms with Crippen molar-refractivity contribution < 1.29 is 13.2 Å². The predicted molar refractivity (Wildman–Crippen MR) is 67.9 cm³/mol. The molecule has 1 aromatic heterocycles. The molecule has 96 valence electrons. The van der Waals surface area contributed by atoms with Crippen LogP contribution in [0.4, 0.5) is 5.69 Å². The van der Waals surface area contributed by atoms with Gasteiger partial charge in [-0.2, -0.15) is 0 Å². The molecule has 5 nitrogen and oxygen atoms in total. The second-order valence-corrected chi connectivity index (χ2v) is 5.65. The number of hydrogen-bond acceptors (Lipinski definition) is 4. The fourth-order valence-corrected chi connectivity index (χ4v) is 2.17. The molecule has 0 spiro atoms. The van der Waals surface area contributed by atoms with Crippen LogP contribution < -0.4 is 4.72 Å². The van der Waals surface area contributed by atoms with E-state index in [9.17, 15) is 8.42 Å². The Morgan fingerprint density at radius 2 is 2.24 bits per heavy atom. The molecule has 0 amide bonds. The Balaban J connectivity index is 2.66. The zero-order valence-electron chi connectivity index (χ0n) is 9.73. The first kappa shape index (κ1) is 14.2. The van der Waals surface area contributed by atoms with E-state index >= 15 is 0 Å². The van der Waals surface area contributed by atoms with E-state index in [0.717, 1.165) is 5.56 Å². The summed E-state index contributed by atoms with van der Waals surface area (Å²) in [7, 11) is -3.39. The summed E-state index contributed by atoms with van der Waals surface area (Å²) >= 11 is 5.75. The number of anilines is 1. The number of halogens is 1. The van der Waals surface area contributed by atoms with Crippen molar-refractivity contribution in [3.8, 4) is 0 Å². The van der Waals surface area contributed by atoms with E-state index in [1.807, 2.05) is 6.92 Å². The molecule has 0 saturated carbocycles. The summed E-state index contributed by atoms with van der Waals surface area (Å²) in [4.78, 5) is 3.87. The van der Waals surface area contributed by atoms with Crippen LogP contribution in [0.25, 0.3) is 0 Å². The number of hydrogen-bond donors (Lipinski definition) is 1. The van der Waals surface area contributed by atoms with Gasteiger partial charge in [-0.3, -0.25) is 4.72 Å². The van der Waals surface area contributed by atoms with Gasteiger partial charge in [0.2, 0.25) is 10.0 Å². The molecule has 0 aliphatic heterocycles. The van der Waals surface area contributed by atoms with Gasteiger partial charge in [-0.15, -0.1) is 0 Å². The van der Waals surface area contributed by atoms with Crippen LogP contribution in [-0.2, 0) is 14.8 Å². The molecule has 0 fully saturated rings. The SMILES string of the molecule is CCOCCS(=O)(=O)Nc1cnc(Cl)c(C)c1. The van der Waals surface area contributed by atoms with Crippen LogP contribution in [0.1, 0.15) is 12.5 Å². The lowest BCUT2D eigenvalue weighted by molar-refractivity contribution is 0.163. The average Bonchev–Trinajstić information content (AvgIpc) is 2.23. The maximum Gasteiger partial charge on any atom is 0.235 e. The van der Waals surface area contributed by atoms with Crippen LogP contribution in [-0.4, -0.2) is 32.4 Å². The van der Waals surface area contributed by atoms with Crippen LogP contribution in [0.3, 0.4) is 0 Å². The van der Waals surface area contributed by atoms with Crippen molar-refractivity contribution in [2.75, 3.05) is 23.7 Å². The van der Waals surface area contributed by atoms with E-state index < -0.39 is 10.0 Å². The third kappa shape index (κ3) is 4.89. The second-order valence-electron chi connectivity index (χ2n) is 3.45. The van der Waals surface area contributed by atoms with Crippen LogP contribution in [0.2, 0.25) is 5.15 Å². The quantitative estimate of drug-likeness (QED) is 0.637. The average molecular weight is 279 g/mol. The van der Waals surface area contributed by atoms with Crippen LogP contribution >= 0.6 is 11.6 Å². The number of nitrogens with zero attached hydrogens (tertiary/aromatic N) is 1. The van der Waals surface area contributed by atoms with Crippen LogP contribution in [0.5, 0.6) is 0 Å². The number of ether oxygens (including phenoxy) is 1. The van der Waals surface area contributed by atoms with Gasteiger partial charge in [0.25, 0.3) is 0 Å². The van der Waals surface area contributed by atoms with Gasteiger partial charge in [0.15, 0.2) is 0 Å². The summed E-state index contributed by atoms with van der Waals surface area (Å²) in [6.45, 7) is 4.24. The number of rotatable bonds is 6. The van der Waals surface area contributed by atoms with E-state index in [1.165, 1.54) is 6.20 Å². The third-order valence-electron chi connectivity index (χ3n) is 1.99. The molecule has 0 aliphatic rings. The topological polar surface area (TPSA) is 68.3 Å². The van der Waals surface area contributed by atoms with Gasteiger partial charge in [0.05, 0.1) is 24.2 Å². The fraction of sp³-hybridized carbons (Fsp3) is 0.500. The number of aryl methyl sites for hydroxylation is 1. The minimum absolute atomic E-state index is 0.0808. The molecule has 0 saturated heterocycles. The largest absolute Gasteiger partial charge is 0.381 e. The molecule has 1 N–H and O–H groups in total. The first-order valence-electron chi connectivity index (χ1n) is 5.15. The maximum atomic E-state index is 11.6. The van der Waals surface area contributed by atoms with Gasteiger partial charge in [-0.05, 0) is 25.5 Å². The molecule has 0 aliphatic carbocycles. The van der Waals surface area contributed by atoms with E-state index in [1.54, 1.807) is 13.0 Å². The van der Waals surface area contributed by atoms with Crippen LogP contribution in [0, 0.1) is 6.92 Å². The highest BCUT2D eigenvalue weighted by atomic mass is 35.5. The first-order valence-corrected chi connectivity index (χ1v) is 7.18. The normalized spacial score (nSPS) is 11.5. The van der Waals surface area contributed by atoms with Gasteiger partial charge in [0, 0.05) is 6.61 Å². The summed E-state index contributed by atoms with van der Waals surface area (Å²) in [6.07, 6.45) is 1.38. The minimum Gasteiger partial charge on any atom is -0.381 e. The molecule has 0 radical (unpaired) electrons. The van der Waals surface area contributed by atoms with Crippen molar-refractivity contribution in [2.45, 2.75) is 13.8 Å². The highest BCUT2D eigenvalue weighted by Gasteiger charge is 2.11. The number of aromatic nitrogens is 1. The molecular formula is C10H15ClN2O3S. The fourth-order valence-electron chi connectivity index (χ4n) is 1.16. The molecule has 1 aromatic rings. The zero-order valence-corrected chi connectivity index (χ0v) is 11.3.